The van der Waals surface area contributed by atoms with Crippen LogP contribution in [0.3, 0.4) is 0 Å². The molecule has 4 nitrogen and oxygen atoms in total. The fourth-order valence-corrected chi connectivity index (χ4v) is 1.51. The highest BCUT2D eigenvalue weighted by molar-refractivity contribution is 5.89. The van der Waals surface area contributed by atoms with E-state index in [1.807, 2.05) is 25.1 Å². The van der Waals surface area contributed by atoms with Gasteiger partial charge < -0.3 is 4.74 Å². The number of carbonyl (C=O) groups is 1. The number of aryl methyl sites for hydroxylation is 1. The minimum Gasteiger partial charge on any atom is -0.456 e. The van der Waals surface area contributed by atoms with Gasteiger partial charge in [0.1, 0.15) is 0 Å². The third kappa shape index (κ3) is 2.45. The van der Waals surface area contributed by atoms with Crippen LogP contribution in [0.1, 0.15) is 18.2 Å². The number of hydrogen-bond acceptors (Lipinski definition) is 3. The van der Waals surface area contributed by atoms with Crippen molar-refractivity contribution in [3.05, 3.63) is 29.5 Å². The van der Waals surface area contributed by atoms with Crippen molar-refractivity contribution in [2.45, 2.75) is 13.8 Å². The molecule has 2 rings (SSSR count). The molecule has 1 aromatic carbocycles. The maximum absolute atomic E-state index is 11.1. The number of nitrogens with one attached hydrogen (secondary N) is 1. The van der Waals surface area contributed by atoms with Crippen LogP contribution in [0.15, 0.2) is 18.2 Å². The summed E-state index contributed by atoms with van der Waals surface area (Å²) >= 11 is 0. The number of carbonyl (C=O) groups excluding carboxylic acids is 1. The molecule has 17 heavy (non-hydrogen) atoms. The highest BCUT2D eigenvalue weighted by atomic mass is 16.5. The van der Waals surface area contributed by atoms with Crippen LogP contribution in [0.5, 0.6) is 0 Å². The molecule has 1 aromatic heterocycles. The lowest BCUT2D eigenvalue weighted by atomic mass is 10.1. The van der Waals surface area contributed by atoms with Crippen LogP contribution < -0.4 is 0 Å². The Morgan fingerprint density at radius 3 is 3.12 bits per heavy atom. The van der Waals surface area contributed by atoms with E-state index in [1.165, 1.54) is 0 Å². The van der Waals surface area contributed by atoms with E-state index >= 15 is 0 Å². The Morgan fingerprint density at radius 2 is 2.35 bits per heavy atom. The van der Waals surface area contributed by atoms with Crippen LogP contribution >= 0.6 is 0 Å². The summed E-state index contributed by atoms with van der Waals surface area (Å²) in [6.45, 7) is 4.04. The van der Waals surface area contributed by atoms with Crippen molar-refractivity contribution in [1.82, 2.24) is 10.2 Å². The number of fused-ring (bicyclic) bond motifs is 1. The second-order valence-electron chi connectivity index (χ2n) is 3.55. The predicted molar refractivity (Wildman–Crippen MR) is 64.3 cm³/mol. The molecule has 0 fully saturated rings. The van der Waals surface area contributed by atoms with E-state index < -0.39 is 5.97 Å². The standard InChI is InChI=1S/C13H12N2O2/c1-3-17-13(16)7-5-10-4-6-11-9(2)14-15-12(11)8-10/h4,6,8H,3H2,1-2H3,(H,14,15). The van der Waals surface area contributed by atoms with E-state index in [9.17, 15) is 4.79 Å². The zero-order chi connectivity index (χ0) is 12.3. The van der Waals surface area contributed by atoms with E-state index in [0.29, 0.717) is 6.61 Å². The average molecular weight is 228 g/mol. The van der Waals surface area contributed by atoms with Crippen LogP contribution in [0.4, 0.5) is 0 Å². The fourth-order valence-electron chi connectivity index (χ4n) is 1.51. The van der Waals surface area contributed by atoms with Gasteiger partial charge in [-0.15, -0.1) is 0 Å². The Kier molecular flexibility index (Phi) is 3.10. The number of ether oxygens (including phenoxy) is 1. The van der Waals surface area contributed by atoms with Gasteiger partial charge in [0.2, 0.25) is 0 Å². The normalized spacial score (nSPS) is 9.76. The molecule has 0 radical (unpaired) electrons. The van der Waals surface area contributed by atoms with Crippen LogP contribution in [0, 0.1) is 18.8 Å². The number of esters is 1. The van der Waals surface area contributed by atoms with Crippen molar-refractivity contribution in [3.8, 4) is 11.8 Å². The number of benzene rings is 1. The molecule has 0 atom stereocenters. The molecular formula is C13H12N2O2. The van der Waals surface area contributed by atoms with Gasteiger partial charge in [-0.05, 0) is 32.0 Å². The molecule has 1 heterocycles. The Morgan fingerprint density at radius 1 is 1.53 bits per heavy atom. The van der Waals surface area contributed by atoms with E-state index in [2.05, 4.69) is 22.0 Å². The van der Waals surface area contributed by atoms with Crippen molar-refractivity contribution >= 4 is 16.9 Å². The lowest BCUT2D eigenvalue weighted by Gasteiger charge is -1.92. The second-order valence-corrected chi connectivity index (χ2v) is 3.55. The van der Waals surface area contributed by atoms with Gasteiger partial charge >= 0.3 is 5.97 Å². The summed E-state index contributed by atoms with van der Waals surface area (Å²) in [4.78, 5) is 11.1. The van der Waals surface area contributed by atoms with Gasteiger partial charge in [-0.2, -0.15) is 5.10 Å². The smallest absolute Gasteiger partial charge is 0.384 e. The van der Waals surface area contributed by atoms with Crippen LogP contribution in [0.25, 0.3) is 10.9 Å². The average Bonchev–Trinajstić information content (AvgIpc) is 2.69. The summed E-state index contributed by atoms with van der Waals surface area (Å²) in [5.41, 5.74) is 2.61. The Balaban J connectivity index is 2.28. The van der Waals surface area contributed by atoms with Crippen LogP contribution in [-0.2, 0) is 9.53 Å². The van der Waals surface area contributed by atoms with Gasteiger partial charge in [-0.1, -0.05) is 5.92 Å². The lowest BCUT2D eigenvalue weighted by Crippen LogP contribution is -1.99. The number of aromatic nitrogens is 2. The summed E-state index contributed by atoms with van der Waals surface area (Å²) in [6, 6.07) is 5.63. The molecule has 0 aliphatic carbocycles. The molecule has 0 saturated carbocycles. The van der Waals surface area contributed by atoms with E-state index in [1.54, 1.807) is 6.92 Å². The molecule has 0 aliphatic heterocycles. The Labute approximate surface area is 99.0 Å². The summed E-state index contributed by atoms with van der Waals surface area (Å²) in [5, 5.41) is 8.09. The van der Waals surface area contributed by atoms with E-state index in [0.717, 1.165) is 22.2 Å². The third-order valence-corrected chi connectivity index (χ3v) is 2.33. The monoisotopic (exact) mass is 228 g/mol. The maximum atomic E-state index is 11.1. The number of nitrogens with zero attached hydrogens (tertiary/aromatic N) is 1. The largest absolute Gasteiger partial charge is 0.456 e. The number of rotatable bonds is 1. The molecule has 0 aliphatic rings. The molecule has 0 unspecified atom stereocenters. The number of H-pyrrole nitrogens is 1. The Hall–Kier alpha value is -2.28. The molecule has 0 bridgehead atoms. The number of hydrogen-bond donors (Lipinski definition) is 1. The third-order valence-electron chi connectivity index (χ3n) is 2.33. The molecule has 0 spiro atoms. The summed E-state index contributed by atoms with van der Waals surface area (Å²) in [6.07, 6.45) is 0. The first-order chi connectivity index (χ1) is 8.20. The first kappa shape index (κ1) is 11.2. The van der Waals surface area contributed by atoms with Gasteiger partial charge in [-0.25, -0.2) is 4.79 Å². The topological polar surface area (TPSA) is 55.0 Å². The molecule has 2 aromatic rings. The summed E-state index contributed by atoms with van der Waals surface area (Å²) in [7, 11) is 0. The SMILES string of the molecule is CCOC(=O)C#Cc1ccc2c(C)[nH]nc2c1. The van der Waals surface area contributed by atoms with Crippen molar-refractivity contribution in [2.24, 2.45) is 0 Å². The molecular weight excluding hydrogens is 216 g/mol. The van der Waals surface area contributed by atoms with Crippen molar-refractivity contribution in [1.29, 1.82) is 0 Å². The van der Waals surface area contributed by atoms with Gasteiger partial charge in [0.25, 0.3) is 0 Å². The zero-order valence-corrected chi connectivity index (χ0v) is 9.70. The quantitative estimate of drug-likeness (QED) is 0.598. The summed E-state index contributed by atoms with van der Waals surface area (Å²) < 4.78 is 4.72. The van der Waals surface area contributed by atoms with Crippen LogP contribution in [0.2, 0.25) is 0 Å². The van der Waals surface area contributed by atoms with Crippen molar-refractivity contribution in [3.63, 3.8) is 0 Å². The molecule has 0 saturated heterocycles. The van der Waals surface area contributed by atoms with Gasteiger partial charge in [0.15, 0.2) is 0 Å². The van der Waals surface area contributed by atoms with E-state index in [4.69, 9.17) is 4.74 Å². The first-order valence-corrected chi connectivity index (χ1v) is 5.34. The van der Waals surface area contributed by atoms with Gasteiger partial charge in [0.05, 0.1) is 12.1 Å². The first-order valence-electron chi connectivity index (χ1n) is 5.34. The van der Waals surface area contributed by atoms with Crippen LogP contribution in [-0.4, -0.2) is 22.8 Å². The highest BCUT2D eigenvalue weighted by Crippen LogP contribution is 2.15. The second kappa shape index (κ2) is 4.71. The maximum Gasteiger partial charge on any atom is 0.384 e. The molecule has 4 heteroatoms. The highest BCUT2D eigenvalue weighted by Gasteiger charge is 2.01. The fraction of sp³-hybridized carbons (Fsp3) is 0.231. The van der Waals surface area contributed by atoms with Crippen molar-refractivity contribution < 1.29 is 9.53 Å². The van der Waals surface area contributed by atoms with Gasteiger partial charge in [0, 0.05) is 22.6 Å². The number of aromatic amines is 1. The molecule has 1 N–H and O–H groups in total. The molecule has 86 valence electrons. The minimum absolute atomic E-state index is 0.338. The van der Waals surface area contributed by atoms with E-state index in [-0.39, 0.29) is 0 Å². The van der Waals surface area contributed by atoms with Gasteiger partial charge in [-0.3, -0.25) is 5.10 Å². The minimum atomic E-state index is -0.509. The lowest BCUT2D eigenvalue weighted by molar-refractivity contribution is -0.136. The molecule has 0 amide bonds. The van der Waals surface area contributed by atoms with Crippen molar-refractivity contribution in [2.75, 3.05) is 6.61 Å². The predicted octanol–water partition coefficient (Wildman–Crippen LogP) is 1.79. The zero-order valence-electron chi connectivity index (χ0n) is 9.70. The summed E-state index contributed by atoms with van der Waals surface area (Å²) in [5.74, 6) is 4.67. The Bertz CT molecular complexity index is 617.